The number of para-hydroxylation sites is 1. The summed E-state index contributed by atoms with van der Waals surface area (Å²) in [6.07, 6.45) is 0.270. The van der Waals surface area contributed by atoms with E-state index in [0.717, 1.165) is 24.4 Å². The molecule has 0 saturated carbocycles. The zero-order chi connectivity index (χ0) is 14.8. The molecule has 1 amide bonds. The lowest BCUT2D eigenvalue weighted by atomic mass is 10.1. The number of hydrogen-bond acceptors (Lipinski definition) is 4. The Balaban J connectivity index is 1.58. The maximum atomic E-state index is 12.5. The highest BCUT2D eigenvalue weighted by molar-refractivity contribution is 5.82. The van der Waals surface area contributed by atoms with Crippen molar-refractivity contribution in [3.8, 4) is 11.8 Å². The molecule has 2 atom stereocenters. The number of hydrogen-bond donors (Lipinski definition) is 0. The Morgan fingerprint density at radius 2 is 2.05 bits per heavy atom. The number of ether oxygens (including phenoxy) is 1. The molecule has 2 unspecified atom stereocenters. The van der Waals surface area contributed by atoms with E-state index in [4.69, 9.17) is 10.00 Å². The zero-order valence-electron chi connectivity index (χ0n) is 12.2. The van der Waals surface area contributed by atoms with Gasteiger partial charge in [-0.2, -0.15) is 5.26 Å². The van der Waals surface area contributed by atoms with Gasteiger partial charge >= 0.3 is 0 Å². The van der Waals surface area contributed by atoms with Crippen LogP contribution in [0.25, 0.3) is 0 Å². The van der Waals surface area contributed by atoms with Crippen LogP contribution in [0.2, 0.25) is 0 Å². The summed E-state index contributed by atoms with van der Waals surface area (Å²) >= 11 is 0. The molecule has 2 aliphatic heterocycles. The van der Waals surface area contributed by atoms with Crippen LogP contribution in [0.15, 0.2) is 24.3 Å². The maximum Gasteiger partial charge on any atom is 0.264 e. The molecule has 0 spiro atoms. The van der Waals surface area contributed by atoms with E-state index in [1.54, 1.807) is 0 Å². The van der Waals surface area contributed by atoms with Crippen LogP contribution >= 0.6 is 0 Å². The van der Waals surface area contributed by atoms with Crippen molar-refractivity contribution >= 4 is 5.91 Å². The Hall–Kier alpha value is -2.06. The third kappa shape index (κ3) is 2.72. The second-order valence-electron chi connectivity index (χ2n) is 5.58. The number of amides is 1. The first-order chi connectivity index (χ1) is 10.2. The van der Waals surface area contributed by atoms with Crippen LogP contribution in [0.4, 0.5) is 0 Å². The largest absolute Gasteiger partial charge is 0.480 e. The van der Waals surface area contributed by atoms with Crippen molar-refractivity contribution in [3.63, 3.8) is 0 Å². The summed E-state index contributed by atoms with van der Waals surface area (Å²) in [6, 6.07) is 9.97. The SMILES string of the molecule is CC(C#N)N1CCN(C(=O)C2Cc3ccccc3O2)CC1. The molecule has 0 aliphatic carbocycles. The van der Waals surface area contributed by atoms with Crippen molar-refractivity contribution in [1.29, 1.82) is 5.26 Å². The molecule has 1 aromatic rings. The number of fused-ring (bicyclic) bond motifs is 1. The van der Waals surface area contributed by atoms with E-state index >= 15 is 0 Å². The van der Waals surface area contributed by atoms with Crippen molar-refractivity contribution in [3.05, 3.63) is 29.8 Å². The standard InChI is InChI=1S/C16H19N3O2/c1-12(11-17)18-6-8-19(9-7-18)16(20)15-10-13-4-2-3-5-14(13)21-15/h2-5,12,15H,6-10H2,1H3. The number of piperazine rings is 1. The minimum absolute atomic E-state index is 0.0652. The Morgan fingerprint density at radius 1 is 1.33 bits per heavy atom. The minimum atomic E-state index is -0.387. The molecule has 0 aromatic heterocycles. The molecule has 110 valence electrons. The van der Waals surface area contributed by atoms with Gasteiger partial charge in [0.1, 0.15) is 5.75 Å². The topological polar surface area (TPSA) is 56.6 Å². The Labute approximate surface area is 124 Å². The zero-order valence-corrected chi connectivity index (χ0v) is 12.2. The highest BCUT2D eigenvalue weighted by Crippen LogP contribution is 2.29. The lowest BCUT2D eigenvalue weighted by Crippen LogP contribution is -2.53. The number of rotatable bonds is 2. The Bertz CT molecular complexity index is 548. The summed E-state index contributed by atoms with van der Waals surface area (Å²) in [4.78, 5) is 16.5. The van der Waals surface area contributed by atoms with Crippen LogP contribution in [0.5, 0.6) is 5.75 Å². The maximum absolute atomic E-state index is 12.5. The van der Waals surface area contributed by atoms with Gasteiger partial charge < -0.3 is 9.64 Å². The fourth-order valence-electron chi connectivity index (χ4n) is 2.93. The summed E-state index contributed by atoms with van der Waals surface area (Å²) in [7, 11) is 0. The molecule has 0 N–H and O–H groups in total. The van der Waals surface area contributed by atoms with Gasteiger partial charge in [-0.15, -0.1) is 0 Å². The van der Waals surface area contributed by atoms with Crippen molar-refractivity contribution in [1.82, 2.24) is 9.80 Å². The highest BCUT2D eigenvalue weighted by Gasteiger charge is 2.34. The van der Waals surface area contributed by atoms with Crippen LogP contribution in [0.1, 0.15) is 12.5 Å². The summed E-state index contributed by atoms with van der Waals surface area (Å²) in [6.45, 7) is 4.73. The van der Waals surface area contributed by atoms with Gasteiger partial charge in [0, 0.05) is 32.6 Å². The van der Waals surface area contributed by atoms with Gasteiger partial charge in [-0.1, -0.05) is 18.2 Å². The fourth-order valence-corrected chi connectivity index (χ4v) is 2.93. The van der Waals surface area contributed by atoms with Gasteiger partial charge in [-0.25, -0.2) is 0 Å². The van der Waals surface area contributed by atoms with Crippen LogP contribution in [-0.2, 0) is 11.2 Å². The van der Waals surface area contributed by atoms with E-state index in [1.165, 1.54) is 0 Å². The molecular formula is C16H19N3O2. The summed E-state index contributed by atoms with van der Waals surface area (Å²) in [5, 5.41) is 8.94. The molecule has 2 aliphatic rings. The van der Waals surface area contributed by atoms with E-state index < -0.39 is 0 Å². The molecule has 21 heavy (non-hydrogen) atoms. The van der Waals surface area contributed by atoms with E-state index in [-0.39, 0.29) is 18.1 Å². The first kappa shape index (κ1) is 13.9. The third-order valence-electron chi connectivity index (χ3n) is 4.28. The molecule has 1 aromatic carbocycles. The van der Waals surface area contributed by atoms with Crippen LogP contribution in [0.3, 0.4) is 0 Å². The molecule has 0 bridgehead atoms. The average molecular weight is 285 g/mol. The fraction of sp³-hybridized carbons (Fsp3) is 0.500. The number of nitriles is 1. The second kappa shape index (κ2) is 5.74. The van der Waals surface area contributed by atoms with Crippen molar-refractivity contribution in [2.45, 2.75) is 25.5 Å². The lowest BCUT2D eigenvalue weighted by Gasteiger charge is -2.36. The van der Waals surface area contributed by atoms with E-state index in [9.17, 15) is 4.79 Å². The molecule has 5 nitrogen and oxygen atoms in total. The van der Waals surface area contributed by atoms with Crippen molar-refractivity contribution in [2.24, 2.45) is 0 Å². The Morgan fingerprint density at radius 3 is 2.71 bits per heavy atom. The predicted molar refractivity (Wildman–Crippen MR) is 77.8 cm³/mol. The lowest BCUT2D eigenvalue weighted by molar-refractivity contribution is -0.139. The average Bonchev–Trinajstić information content (AvgIpc) is 2.97. The molecular weight excluding hydrogens is 266 g/mol. The molecule has 2 heterocycles. The number of carbonyl (C=O) groups is 1. The molecule has 5 heteroatoms. The smallest absolute Gasteiger partial charge is 0.264 e. The molecule has 1 fully saturated rings. The number of benzene rings is 1. The number of carbonyl (C=O) groups excluding carboxylic acids is 1. The molecule has 0 radical (unpaired) electrons. The summed E-state index contributed by atoms with van der Waals surface area (Å²) in [5.41, 5.74) is 1.10. The quantitative estimate of drug-likeness (QED) is 0.815. The summed E-state index contributed by atoms with van der Waals surface area (Å²) < 4.78 is 5.76. The van der Waals surface area contributed by atoms with Crippen molar-refractivity contribution < 1.29 is 9.53 Å². The number of nitrogens with zero attached hydrogens (tertiary/aromatic N) is 3. The van der Waals surface area contributed by atoms with Gasteiger partial charge in [0.05, 0.1) is 12.1 Å². The van der Waals surface area contributed by atoms with Gasteiger partial charge in [0.15, 0.2) is 6.10 Å². The summed E-state index contributed by atoms with van der Waals surface area (Å²) in [5.74, 6) is 0.892. The van der Waals surface area contributed by atoms with Crippen LogP contribution in [0, 0.1) is 11.3 Å². The van der Waals surface area contributed by atoms with Crippen molar-refractivity contribution in [2.75, 3.05) is 26.2 Å². The van der Waals surface area contributed by atoms with E-state index in [2.05, 4.69) is 11.0 Å². The monoisotopic (exact) mass is 285 g/mol. The minimum Gasteiger partial charge on any atom is -0.480 e. The van der Waals surface area contributed by atoms with Gasteiger partial charge in [-0.05, 0) is 18.6 Å². The first-order valence-electron chi connectivity index (χ1n) is 7.36. The van der Waals surface area contributed by atoms with Gasteiger partial charge in [0.2, 0.25) is 0 Å². The first-order valence-corrected chi connectivity index (χ1v) is 7.36. The van der Waals surface area contributed by atoms with Gasteiger partial charge in [0.25, 0.3) is 5.91 Å². The van der Waals surface area contributed by atoms with E-state index in [0.29, 0.717) is 19.5 Å². The van der Waals surface area contributed by atoms with E-state index in [1.807, 2.05) is 36.1 Å². The van der Waals surface area contributed by atoms with Gasteiger partial charge in [-0.3, -0.25) is 9.69 Å². The predicted octanol–water partition coefficient (Wildman–Crippen LogP) is 1.05. The third-order valence-corrected chi connectivity index (χ3v) is 4.28. The normalized spacial score (nSPS) is 23.0. The molecule has 1 saturated heterocycles. The second-order valence-corrected chi connectivity index (χ2v) is 5.58. The van der Waals surface area contributed by atoms with Crippen LogP contribution < -0.4 is 4.74 Å². The van der Waals surface area contributed by atoms with Crippen LogP contribution in [-0.4, -0.2) is 54.0 Å². The Kier molecular flexibility index (Phi) is 3.80. The molecule has 3 rings (SSSR count). The highest BCUT2D eigenvalue weighted by atomic mass is 16.5.